The number of unbranched alkanes of at least 4 members (excludes halogenated alkanes) is 1. The lowest BCUT2D eigenvalue weighted by atomic mass is 10.1. The first-order valence-electron chi connectivity index (χ1n) is 6.88. The molecule has 0 fully saturated rings. The Morgan fingerprint density at radius 2 is 2.00 bits per heavy atom. The van der Waals surface area contributed by atoms with Crippen molar-refractivity contribution in [1.29, 1.82) is 0 Å². The smallest absolute Gasteiger partial charge is 0.255 e. The lowest BCUT2D eigenvalue weighted by molar-refractivity contribution is 0.102. The van der Waals surface area contributed by atoms with E-state index in [9.17, 15) is 4.79 Å². The lowest BCUT2D eigenvalue weighted by Crippen LogP contribution is -2.11. The first-order valence-corrected chi connectivity index (χ1v) is 7.26. The van der Waals surface area contributed by atoms with E-state index in [1.165, 1.54) is 6.20 Å². The molecule has 0 aliphatic carbocycles. The van der Waals surface area contributed by atoms with E-state index in [1.54, 1.807) is 12.1 Å². The third-order valence-corrected chi connectivity index (χ3v) is 3.15. The molecule has 0 saturated carbocycles. The van der Waals surface area contributed by atoms with E-state index in [4.69, 9.17) is 11.6 Å². The van der Waals surface area contributed by atoms with Crippen LogP contribution in [0.15, 0.2) is 48.7 Å². The standard InChI is InChI=1S/C17H17ClN2O/c1-2-3-4-5-13-6-8-14(9-7-13)17(21)20-15-10-11-16(18)19-12-15/h4-12H,2-3H2,1H3,(H,20,21). The Bertz CT molecular complexity index is 618. The summed E-state index contributed by atoms with van der Waals surface area (Å²) in [6.45, 7) is 2.14. The van der Waals surface area contributed by atoms with Gasteiger partial charge >= 0.3 is 0 Å². The summed E-state index contributed by atoms with van der Waals surface area (Å²) < 4.78 is 0. The zero-order valence-corrected chi connectivity index (χ0v) is 12.6. The number of aromatic nitrogens is 1. The fourth-order valence-corrected chi connectivity index (χ4v) is 1.90. The number of carbonyl (C=O) groups excluding carboxylic acids is 1. The van der Waals surface area contributed by atoms with E-state index in [2.05, 4.69) is 29.4 Å². The van der Waals surface area contributed by atoms with E-state index in [0.717, 1.165) is 18.4 Å². The van der Waals surface area contributed by atoms with E-state index in [1.807, 2.05) is 24.3 Å². The van der Waals surface area contributed by atoms with Crippen molar-refractivity contribution in [2.75, 3.05) is 5.32 Å². The Kier molecular flexibility index (Phi) is 5.52. The van der Waals surface area contributed by atoms with Gasteiger partial charge in [-0.05, 0) is 36.2 Å². The quantitative estimate of drug-likeness (QED) is 0.806. The number of amides is 1. The van der Waals surface area contributed by atoms with Gasteiger partial charge in [-0.3, -0.25) is 4.79 Å². The van der Waals surface area contributed by atoms with Crippen molar-refractivity contribution in [2.24, 2.45) is 0 Å². The molecule has 2 rings (SSSR count). The van der Waals surface area contributed by atoms with Gasteiger partial charge in [0.2, 0.25) is 0 Å². The number of carbonyl (C=O) groups is 1. The minimum atomic E-state index is -0.164. The van der Waals surface area contributed by atoms with Crippen LogP contribution in [0.25, 0.3) is 6.08 Å². The minimum Gasteiger partial charge on any atom is -0.321 e. The van der Waals surface area contributed by atoms with Gasteiger partial charge in [-0.25, -0.2) is 4.98 Å². The van der Waals surface area contributed by atoms with Gasteiger partial charge in [-0.1, -0.05) is 49.2 Å². The predicted octanol–water partition coefficient (Wildman–Crippen LogP) is 4.80. The van der Waals surface area contributed by atoms with Gasteiger partial charge in [0.05, 0.1) is 11.9 Å². The molecule has 2 aromatic rings. The molecular formula is C17H17ClN2O. The number of hydrogen-bond donors (Lipinski definition) is 1. The van der Waals surface area contributed by atoms with Gasteiger partial charge < -0.3 is 5.32 Å². The Labute approximate surface area is 129 Å². The molecule has 1 amide bonds. The van der Waals surface area contributed by atoms with Crippen LogP contribution >= 0.6 is 11.6 Å². The summed E-state index contributed by atoms with van der Waals surface area (Å²) >= 11 is 5.70. The van der Waals surface area contributed by atoms with Crippen LogP contribution in [0.3, 0.4) is 0 Å². The molecule has 1 aromatic heterocycles. The number of anilines is 1. The highest BCUT2D eigenvalue weighted by atomic mass is 35.5. The third kappa shape index (κ3) is 4.72. The SMILES string of the molecule is CCCC=Cc1ccc(C(=O)Nc2ccc(Cl)nc2)cc1. The molecule has 1 heterocycles. The zero-order valence-electron chi connectivity index (χ0n) is 11.8. The van der Waals surface area contributed by atoms with Crippen LogP contribution in [0.2, 0.25) is 5.15 Å². The van der Waals surface area contributed by atoms with Crippen LogP contribution in [-0.4, -0.2) is 10.9 Å². The summed E-state index contributed by atoms with van der Waals surface area (Å²) in [6.07, 6.45) is 7.92. The van der Waals surface area contributed by atoms with E-state index >= 15 is 0 Å². The molecule has 0 aliphatic heterocycles. The molecule has 21 heavy (non-hydrogen) atoms. The number of pyridine rings is 1. The predicted molar refractivity (Wildman–Crippen MR) is 87.6 cm³/mol. The molecule has 4 heteroatoms. The fraction of sp³-hybridized carbons (Fsp3) is 0.176. The molecule has 0 atom stereocenters. The molecule has 0 unspecified atom stereocenters. The highest BCUT2D eigenvalue weighted by molar-refractivity contribution is 6.29. The van der Waals surface area contributed by atoms with Crippen LogP contribution in [0.5, 0.6) is 0 Å². The molecule has 0 aliphatic rings. The van der Waals surface area contributed by atoms with Crippen LogP contribution in [0, 0.1) is 0 Å². The van der Waals surface area contributed by atoms with Crippen molar-refractivity contribution in [3.05, 3.63) is 65.0 Å². The Hall–Kier alpha value is -2.13. The van der Waals surface area contributed by atoms with Crippen molar-refractivity contribution >= 4 is 29.3 Å². The average Bonchev–Trinajstić information content (AvgIpc) is 2.50. The highest BCUT2D eigenvalue weighted by Gasteiger charge is 2.05. The fourth-order valence-electron chi connectivity index (χ4n) is 1.78. The molecule has 1 aromatic carbocycles. The van der Waals surface area contributed by atoms with Crippen molar-refractivity contribution in [2.45, 2.75) is 19.8 Å². The van der Waals surface area contributed by atoms with Crippen molar-refractivity contribution in [3.8, 4) is 0 Å². The van der Waals surface area contributed by atoms with E-state index < -0.39 is 0 Å². The summed E-state index contributed by atoms with van der Waals surface area (Å²) in [7, 11) is 0. The van der Waals surface area contributed by atoms with Crippen LogP contribution in [-0.2, 0) is 0 Å². The largest absolute Gasteiger partial charge is 0.321 e. The van der Waals surface area contributed by atoms with Crippen LogP contribution in [0.1, 0.15) is 35.7 Å². The second kappa shape index (κ2) is 7.60. The number of rotatable bonds is 5. The van der Waals surface area contributed by atoms with Crippen LogP contribution in [0.4, 0.5) is 5.69 Å². The first-order chi connectivity index (χ1) is 10.2. The number of halogens is 1. The minimum absolute atomic E-state index is 0.164. The Balaban J connectivity index is 2.01. The lowest BCUT2D eigenvalue weighted by Gasteiger charge is -2.05. The van der Waals surface area contributed by atoms with Gasteiger partial charge in [-0.2, -0.15) is 0 Å². The molecule has 1 N–H and O–H groups in total. The maximum absolute atomic E-state index is 12.1. The summed E-state index contributed by atoms with van der Waals surface area (Å²) in [4.78, 5) is 16.0. The topological polar surface area (TPSA) is 42.0 Å². The average molecular weight is 301 g/mol. The third-order valence-electron chi connectivity index (χ3n) is 2.92. The van der Waals surface area contributed by atoms with Gasteiger partial charge in [0.15, 0.2) is 0 Å². The molecular weight excluding hydrogens is 284 g/mol. The molecule has 0 spiro atoms. The molecule has 0 bridgehead atoms. The number of hydrogen-bond acceptors (Lipinski definition) is 2. The monoisotopic (exact) mass is 300 g/mol. The second-order valence-corrected chi connectivity index (χ2v) is 5.02. The zero-order chi connectivity index (χ0) is 15.1. The Morgan fingerprint density at radius 3 is 2.62 bits per heavy atom. The number of allylic oxidation sites excluding steroid dienone is 1. The van der Waals surface area contributed by atoms with Crippen molar-refractivity contribution in [1.82, 2.24) is 4.98 Å². The number of nitrogens with zero attached hydrogens (tertiary/aromatic N) is 1. The van der Waals surface area contributed by atoms with Gasteiger partial charge in [0.1, 0.15) is 5.15 Å². The highest BCUT2D eigenvalue weighted by Crippen LogP contribution is 2.12. The summed E-state index contributed by atoms with van der Waals surface area (Å²) in [6, 6.07) is 10.8. The van der Waals surface area contributed by atoms with Gasteiger partial charge in [0.25, 0.3) is 5.91 Å². The Morgan fingerprint density at radius 1 is 1.24 bits per heavy atom. The van der Waals surface area contributed by atoms with Crippen molar-refractivity contribution in [3.63, 3.8) is 0 Å². The van der Waals surface area contributed by atoms with Crippen LogP contribution < -0.4 is 5.32 Å². The second-order valence-electron chi connectivity index (χ2n) is 4.64. The molecule has 0 saturated heterocycles. The van der Waals surface area contributed by atoms with E-state index in [0.29, 0.717) is 16.4 Å². The maximum atomic E-state index is 12.1. The molecule has 0 radical (unpaired) electrons. The van der Waals surface area contributed by atoms with E-state index in [-0.39, 0.29) is 5.91 Å². The van der Waals surface area contributed by atoms with Crippen molar-refractivity contribution < 1.29 is 4.79 Å². The normalized spacial score (nSPS) is 10.8. The van der Waals surface area contributed by atoms with Gasteiger partial charge in [-0.15, -0.1) is 0 Å². The molecule has 108 valence electrons. The first kappa shape index (κ1) is 15.3. The molecule has 3 nitrogen and oxygen atoms in total. The maximum Gasteiger partial charge on any atom is 0.255 e. The summed E-state index contributed by atoms with van der Waals surface area (Å²) in [5.41, 5.74) is 2.32. The number of nitrogens with one attached hydrogen (secondary N) is 1. The summed E-state index contributed by atoms with van der Waals surface area (Å²) in [5.74, 6) is -0.164. The van der Waals surface area contributed by atoms with Gasteiger partial charge in [0, 0.05) is 5.56 Å². The number of benzene rings is 1. The summed E-state index contributed by atoms with van der Waals surface area (Å²) in [5, 5.41) is 3.18.